The molecular formula is C29H40F27N9O18S9. The van der Waals surface area contributed by atoms with Crippen molar-refractivity contribution in [1.82, 2.24) is 38.7 Å². The fourth-order valence-electron chi connectivity index (χ4n) is 6.90. The van der Waals surface area contributed by atoms with Gasteiger partial charge in [0.15, 0.2) is 0 Å². The van der Waals surface area contributed by atoms with Crippen LogP contribution in [0.1, 0.15) is 12.8 Å². The number of alkyl halides is 27. The van der Waals surface area contributed by atoms with Gasteiger partial charge in [0.2, 0.25) is 0 Å². The van der Waals surface area contributed by atoms with E-state index < -0.39 is 309 Å². The predicted octanol–water partition coefficient (Wildman–Crippen LogP) is 2.14. The lowest BCUT2D eigenvalue weighted by Gasteiger charge is -2.32. The van der Waals surface area contributed by atoms with Crippen molar-refractivity contribution >= 4 is 90.2 Å². The Kier molecular flexibility index (Phi) is 27.5. The molecule has 1 fully saturated rings. The van der Waals surface area contributed by atoms with Crippen LogP contribution in [0.15, 0.2) is 0 Å². The topological polar surface area (TPSA) is 336 Å². The van der Waals surface area contributed by atoms with E-state index in [0.717, 1.165) is 0 Å². The molecule has 0 unspecified atom stereocenters. The second-order valence-corrected chi connectivity index (χ2v) is 34.7. The monoisotopic (exact) mass is 1600 g/mol. The van der Waals surface area contributed by atoms with Crippen LogP contribution in [0.5, 0.6) is 0 Å². The van der Waals surface area contributed by atoms with E-state index >= 15 is 0 Å². The molecule has 0 aromatic heterocycles. The Bertz CT molecular complexity index is 3390. The van der Waals surface area contributed by atoms with Crippen LogP contribution >= 0.6 is 0 Å². The molecule has 0 amide bonds. The predicted molar refractivity (Wildman–Crippen MR) is 248 cm³/mol. The zero-order valence-corrected chi connectivity index (χ0v) is 51.2. The standard InChI is InChI=1S/C29H40F27N9O18S9/c30-21(31,32)84(66,67)57-3-1-5-59(86(70,71)23(36,37)38)9-11-61(88(74,75)25(42,43)44)13-15-63(90(78,79)27(48,49)50)17-19-65(92(82,83)29(54,55)56)20-18-64(91(80,81)28(51,52)53)16-14-62(89(76,77)26(45,46)47)12-10-60(87(72,73)24(39,40)41)6-2-4-58(8-7-57)85(68,69)22(33,34)35/h1-20H2. The largest absolute Gasteiger partial charge is 0.511 e. The van der Waals surface area contributed by atoms with Gasteiger partial charge in [0.1, 0.15) is 0 Å². The van der Waals surface area contributed by atoms with E-state index in [4.69, 9.17) is 0 Å². The fourth-order valence-corrected chi connectivity index (χ4v) is 15.5. The molecule has 27 nitrogen and oxygen atoms in total. The second-order valence-electron chi connectivity index (χ2n) is 17.4. The summed E-state index contributed by atoms with van der Waals surface area (Å²) in [7, 11) is -67.7. The van der Waals surface area contributed by atoms with Crippen molar-refractivity contribution in [1.29, 1.82) is 0 Å². The van der Waals surface area contributed by atoms with E-state index in [-0.39, 0.29) is 0 Å². The van der Waals surface area contributed by atoms with Gasteiger partial charge in [0, 0.05) is 118 Å². The first-order valence-electron chi connectivity index (χ1n) is 22.8. The van der Waals surface area contributed by atoms with E-state index in [9.17, 15) is 194 Å². The zero-order chi connectivity index (χ0) is 73.3. The molecule has 0 aliphatic carbocycles. The molecule has 0 N–H and O–H groups in total. The van der Waals surface area contributed by atoms with Gasteiger partial charge < -0.3 is 0 Å². The Morgan fingerprint density at radius 1 is 0.141 bits per heavy atom. The first kappa shape index (κ1) is 87.3. The van der Waals surface area contributed by atoms with Gasteiger partial charge in [-0.1, -0.05) is 0 Å². The summed E-state index contributed by atoms with van der Waals surface area (Å²) in [5.74, 6) is 0. The number of sulfonamides is 9. The Hall–Kier alpha value is -2.70. The van der Waals surface area contributed by atoms with Crippen molar-refractivity contribution in [2.24, 2.45) is 0 Å². The van der Waals surface area contributed by atoms with Crippen LogP contribution < -0.4 is 0 Å². The van der Waals surface area contributed by atoms with E-state index in [0.29, 0.717) is 0 Å². The third-order valence-electron chi connectivity index (χ3n) is 11.5. The smallest absolute Gasteiger partial charge is 0.203 e. The third-order valence-corrected chi connectivity index (χ3v) is 26.2. The molecule has 92 heavy (non-hydrogen) atoms. The molecule has 1 aliphatic heterocycles. The zero-order valence-electron chi connectivity index (χ0n) is 43.9. The summed E-state index contributed by atoms with van der Waals surface area (Å²) in [5.41, 5.74) is -62.5. The van der Waals surface area contributed by atoms with Crippen molar-refractivity contribution in [2.75, 3.05) is 118 Å². The first-order valence-corrected chi connectivity index (χ1v) is 35.7. The number of hydrogen-bond donors (Lipinski definition) is 0. The highest BCUT2D eigenvalue weighted by atomic mass is 32.2. The highest BCUT2D eigenvalue weighted by Gasteiger charge is 2.59. The molecule has 0 spiro atoms. The summed E-state index contributed by atoms with van der Waals surface area (Å²) < 4.78 is 591. The Labute approximate surface area is 501 Å². The minimum absolute atomic E-state index is 1.32. The van der Waals surface area contributed by atoms with Crippen LogP contribution in [-0.4, -0.2) is 282 Å². The molecule has 1 saturated heterocycles. The lowest BCUT2D eigenvalue weighted by atomic mass is 10.4. The van der Waals surface area contributed by atoms with E-state index in [1.54, 1.807) is 0 Å². The molecule has 1 aliphatic rings. The molecule has 63 heteroatoms. The van der Waals surface area contributed by atoms with Gasteiger partial charge in [-0.2, -0.15) is 157 Å². The molecule has 0 saturated carbocycles. The fraction of sp³-hybridized carbons (Fsp3) is 1.00. The number of halogens is 27. The second kappa shape index (κ2) is 29.0. The maximum Gasteiger partial charge on any atom is 0.511 e. The maximum absolute atomic E-state index is 14.0. The van der Waals surface area contributed by atoms with E-state index in [1.807, 2.05) is 0 Å². The number of hydrogen-bond acceptors (Lipinski definition) is 18. The molecule has 552 valence electrons. The minimum atomic E-state index is -7.66. The van der Waals surface area contributed by atoms with E-state index in [2.05, 4.69) is 0 Å². The normalized spacial score (nSPS) is 21.2. The Morgan fingerprint density at radius 2 is 0.207 bits per heavy atom. The number of nitrogens with zero attached hydrogens (tertiary/aromatic N) is 9. The molecule has 1 rings (SSSR count). The first-order chi connectivity index (χ1) is 40.2. The number of rotatable bonds is 9. The summed E-state index contributed by atoms with van der Waals surface area (Å²) in [6.45, 7) is -47.6. The van der Waals surface area contributed by atoms with Gasteiger partial charge in [-0.15, -0.1) is 0 Å². The van der Waals surface area contributed by atoms with Crippen LogP contribution in [0, 0.1) is 0 Å². The van der Waals surface area contributed by atoms with Crippen LogP contribution in [0.2, 0.25) is 0 Å². The van der Waals surface area contributed by atoms with Gasteiger partial charge in [0.05, 0.1) is 0 Å². The maximum atomic E-state index is 14.0. The Balaban J connectivity index is 4.78. The van der Waals surface area contributed by atoms with Gasteiger partial charge in [0.25, 0.3) is 0 Å². The summed E-state index contributed by atoms with van der Waals surface area (Å²) in [6, 6.07) is 0. The van der Waals surface area contributed by atoms with Crippen molar-refractivity contribution in [3.8, 4) is 0 Å². The van der Waals surface area contributed by atoms with Crippen molar-refractivity contribution in [3.63, 3.8) is 0 Å². The summed E-state index contributed by atoms with van der Waals surface area (Å²) in [6.07, 6.45) is -4.16. The molecular weight excluding hydrogens is 1560 g/mol. The molecule has 0 aromatic carbocycles. The highest BCUT2D eigenvalue weighted by Crippen LogP contribution is 2.36. The average molecular weight is 1600 g/mol. The SMILES string of the molecule is O=S(=O)(N1CCCN(S(=O)(=O)C(F)(F)F)CCN(S(=O)(=O)C(F)(F)F)CCN(S(=O)(=O)C(F)(F)F)CCN(S(=O)(=O)C(F)(F)F)CCN(S(=O)(=O)C(F)(F)F)CCN(S(=O)(=O)C(F)(F)F)CCN(S(=O)(=O)C(F)(F)F)CCCN(S(=O)(=O)C(F)(F)F)CC1)C(F)(F)F. The molecule has 0 bridgehead atoms. The average Bonchev–Trinajstić information content (AvgIpc) is 0.794. The molecule has 0 atom stereocenters. The molecule has 0 aromatic rings. The Morgan fingerprint density at radius 3 is 0.272 bits per heavy atom. The van der Waals surface area contributed by atoms with Gasteiger partial charge >= 0.3 is 140 Å². The van der Waals surface area contributed by atoms with Gasteiger partial charge in [-0.25, -0.2) is 75.8 Å². The third kappa shape index (κ3) is 20.2. The quantitative estimate of drug-likeness (QED) is 0.299. The lowest BCUT2D eigenvalue weighted by Crippen LogP contribution is -2.54. The van der Waals surface area contributed by atoms with Gasteiger partial charge in [-0.05, 0) is 12.8 Å². The van der Waals surface area contributed by atoms with Crippen molar-refractivity contribution in [2.45, 2.75) is 62.4 Å². The van der Waals surface area contributed by atoms with Crippen LogP contribution in [-0.2, 0) is 90.2 Å². The summed E-state index contributed by atoms with van der Waals surface area (Å²) >= 11 is 0. The minimum Gasteiger partial charge on any atom is -0.203 e. The highest BCUT2D eigenvalue weighted by molar-refractivity contribution is 7.92. The molecule has 0 radical (unpaired) electrons. The molecule has 1 heterocycles. The van der Waals surface area contributed by atoms with Crippen LogP contribution in [0.3, 0.4) is 0 Å². The van der Waals surface area contributed by atoms with Crippen LogP contribution in [0.25, 0.3) is 0 Å². The summed E-state index contributed by atoms with van der Waals surface area (Å²) in [4.78, 5) is 0. The lowest BCUT2D eigenvalue weighted by molar-refractivity contribution is -0.0526. The van der Waals surface area contributed by atoms with Crippen molar-refractivity contribution in [3.05, 3.63) is 0 Å². The van der Waals surface area contributed by atoms with Crippen molar-refractivity contribution < 1.29 is 194 Å². The van der Waals surface area contributed by atoms with Crippen LogP contribution in [0.4, 0.5) is 119 Å². The van der Waals surface area contributed by atoms with E-state index in [1.165, 1.54) is 0 Å². The summed E-state index contributed by atoms with van der Waals surface area (Å²) in [5, 5.41) is 0. The van der Waals surface area contributed by atoms with Gasteiger partial charge in [-0.3, -0.25) is 0 Å².